The molecule has 2 amide bonds. The highest BCUT2D eigenvalue weighted by Gasteiger charge is 2.24. The highest BCUT2D eigenvalue weighted by Crippen LogP contribution is 2.35. The molecule has 0 bridgehead atoms. The molecule has 2 heterocycles. The lowest BCUT2D eigenvalue weighted by Crippen LogP contribution is -2.40. The molecule has 1 saturated carbocycles. The molecule has 0 spiro atoms. The fourth-order valence-corrected chi connectivity index (χ4v) is 5.95. The molecule has 3 rings (SSSR count). The van der Waals surface area contributed by atoms with Gasteiger partial charge in [-0.3, -0.25) is 9.59 Å². The predicted molar refractivity (Wildman–Crippen MR) is 107 cm³/mol. The van der Waals surface area contributed by atoms with Gasteiger partial charge in [0.15, 0.2) is 0 Å². The summed E-state index contributed by atoms with van der Waals surface area (Å²) in [4.78, 5) is 30.7. The Labute approximate surface area is 164 Å². The summed E-state index contributed by atoms with van der Waals surface area (Å²) < 4.78 is 1.16. The van der Waals surface area contributed by atoms with Crippen molar-refractivity contribution in [2.45, 2.75) is 80.3 Å². The van der Waals surface area contributed by atoms with E-state index in [-0.39, 0.29) is 17.9 Å². The third-order valence-electron chi connectivity index (χ3n) is 5.18. The molecule has 0 atom stereocenters. The van der Waals surface area contributed by atoms with Gasteiger partial charge in [0, 0.05) is 48.3 Å². The van der Waals surface area contributed by atoms with Gasteiger partial charge in [-0.05, 0) is 45.4 Å². The number of hydrogen-bond acceptors (Lipinski definition) is 5. The first kappa shape index (κ1) is 19.7. The Morgan fingerprint density at radius 2 is 2.12 bits per heavy atom. The van der Waals surface area contributed by atoms with E-state index in [2.05, 4.69) is 15.7 Å². The minimum Gasteiger partial charge on any atom is -0.353 e. The molecular formula is C19H29N3O2S2. The topological polar surface area (TPSA) is 62.3 Å². The number of rotatable bonds is 6. The molecule has 0 aromatic carbocycles. The summed E-state index contributed by atoms with van der Waals surface area (Å²) in [6.45, 7) is 3.41. The second-order valence-electron chi connectivity index (χ2n) is 7.36. The van der Waals surface area contributed by atoms with Crippen molar-refractivity contribution < 1.29 is 9.59 Å². The van der Waals surface area contributed by atoms with Crippen LogP contribution in [0.3, 0.4) is 0 Å². The number of thiazole rings is 1. The SMILES string of the molecule is Cc1csc(SC2CCC(NC(=O)CCN3CCCCCC3=O)CC2)n1. The van der Waals surface area contributed by atoms with Gasteiger partial charge in [-0.2, -0.15) is 0 Å². The molecule has 1 aliphatic heterocycles. The normalized spacial score (nSPS) is 24.3. The highest BCUT2D eigenvalue weighted by molar-refractivity contribution is 8.01. The van der Waals surface area contributed by atoms with Crippen LogP contribution in [0.15, 0.2) is 9.72 Å². The summed E-state index contributed by atoms with van der Waals surface area (Å²) in [6, 6.07) is 0.289. The molecular weight excluding hydrogens is 366 g/mol. The van der Waals surface area contributed by atoms with Crippen LogP contribution in [0.4, 0.5) is 0 Å². The minimum atomic E-state index is 0.0914. The summed E-state index contributed by atoms with van der Waals surface area (Å²) >= 11 is 3.61. The maximum absolute atomic E-state index is 12.3. The first-order chi connectivity index (χ1) is 12.6. The molecule has 0 unspecified atom stereocenters. The molecule has 1 aromatic heterocycles. The number of carbonyl (C=O) groups is 2. The number of carbonyl (C=O) groups excluding carboxylic acids is 2. The van der Waals surface area contributed by atoms with Crippen molar-refractivity contribution in [1.82, 2.24) is 15.2 Å². The lowest BCUT2D eigenvalue weighted by atomic mass is 9.95. The summed E-state index contributed by atoms with van der Waals surface area (Å²) in [6.07, 6.45) is 8.57. The van der Waals surface area contributed by atoms with Crippen LogP contribution in [-0.4, -0.2) is 46.1 Å². The zero-order valence-corrected chi connectivity index (χ0v) is 17.2. The maximum Gasteiger partial charge on any atom is 0.222 e. The average molecular weight is 396 g/mol. The molecule has 2 aliphatic rings. The minimum absolute atomic E-state index is 0.0914. The van der Waals surface area contributed by atoms with Crippen LogP contribution in [0.1, 0.15) is 63.5 Å². The third-order valence-corrected chi connectivity index (χ3v) is 7.61. The van der Waals surface area contributed by atoms with Crippen LogP contribution in [-0.2, 0) is 9.59 Å². The summed E-state index contributed by atoms with van der Waals surface area (Å²) in [5.74, 6) is 0.305. The summed E-state index contributed by atoms with van der Waals surface area (Å²) in [5, 5.41) is 5.89. The molecule has 144 valence electrons. The van der Waals surface area contributed by atoms with Gasteiger partial charge in [0.2, 0.25) is 11.8 Å². The third kappa shape index (κ3) is 5.98. The number of nitrogens with one attached hydrogen (secondary N) is 1. The number of likely N-dealkylation sites (tertiary alicyclic amines) is 1. The fourth-order valence-electron chi connectivity index (χ4n) is 3.67. The van der Waals surface area contributed by atoms with Crippen molar-refractivity contribution in [1.29, 1.82) is 0 Å². The Kier molecular flexibility index (Phi) is 7.37. The van der Waals surface area contributed by atoms with Crippen LogP contribution < -0.4 is 5.32 Å². The van der Waals surface area contributed by atoms with E-state index in [0.717, 1.165) is 61.5 Å². The van der Waals surface area contributed by atoms with E-state index < -0.39 is 0 Å². The number of nitrogens with zero attached hydrogens (tertiary/aromatic N) is 2. The van der Waals surface area contributed by atoms with E-state index in [9.17, 15) is 9.59 Å². The second-order valence-corrected chi connectivity index (χ2v) is 9.76. The van der Waals surface area contributed by atoms with Gasteiger partial charge >= 0.3 is 0 Å². The van der Waals surface area contributed by atoms with Gasteiger partial charge in [-0.15, -0.1) is 11.3 Å². The molecule has 5 nitrogen and oxygen atoms in total. The number of aromatic nitrogens is 1. The molecule has 0 radical (unpaired) electrons. The Balaban J connectivity index is 1.34. The van der Waals surface area contributed by atoms with Gasteiger partial charge in [0.1, 0.15) is 4.34 Å². The molecule has 26 heavy (non-hydrogen) atoms. The van der Waals surface area contributed by atoms with E-state index >= 15 is 0 Å². The van der Waals surface area contributed by atoms with E-state index in [1.807, 2.05) is 23.6 Å². The van der Waals surface area contributed by atoms with Gasteiger partial charge < -0.3 is 10.2 Å². The lowest BCUT2D eigenvalue weighted by molar-refractivity contribution is -0.131. The van der Waals surface area contributed by atoms with Crippen LogP contribution in [0.2, 0.25) is 0 Å². The van der Waals surface area contributed by atoms with Crippen molar-refractivity contribution in [3.05, 3.63) is 11.1 Å². The van der Waals surface area contributed by atoms with E-state index in [4.69, 9.17) is 0 Å². The quantitative estimate of drug-likeness (QED) is 0.796. The van der Waals surface area contributed by atoms with E-state index in [0.29, 0.717) is 24.6 Å². The molecule has 1 aliphatic carbocycles. The molecule has 7 heteroatoms. The summed E-state index contributed by atoms with van der Waals surface area (Å²) in [5.41, 5.74) is 1.10. The molecule has 1 N–H and O–H groups in total. The number of aryl methyl sites for hydroxylation is 1. The molecule has 2 fully saturated rings. The van der Waals surface area contributed by atoms with Gasteiger partial charge in [0.05, 0.1) is 0 Å². The van der Waals surface area contributed by atoms with Crippen LogP contribution >= 0.6 is 23.1 Å². The maximum atomic E-state index is 12.3. The van der Waals surface area contributed by atoms with E-state index in [1.165, 1.54) is 0 Å². The van der Waals surface area contributed by atoms with Gasteiger partial charge in [0.25, 0.3) is 0 Å². The Morgan fingerprint density at radius 3 is 2.85 bits per heavy atom. The zero-order chi connectivity index (χ0) is 18.4. The van der Waals surface area contributed by atoms with Crippen molar-refractivity contribution in [3.8, 4) is 0 Å². The Hall–Kier alpha value is -1.08. The standard InChI is InChI=1S/C19H29N3O2S2/c1-14-13-25-19(20-14)26-16-8-6-15(7-9-16)21-17(23)10-12-22-11-4-2-3-5-18(22)24/h13,15-16H,2-12H2,1H3,(H,21,23). The fraction of sp³-hybridized carbons (Fsp3) is 0.737. The van der Waals surface area contributed by atoms with Crippen LogP contribution in [0.5, 0.6) is 0 Å². The first-order valence-electron chi connectivity index (χ1n) is 9.76. The van der Waals surface area contributed by atoms with Gasteiger partial charge in [-0.1, -0.05) is 18.2 Å². The highest BCUT2D eigenvalue weighted by atomic mass is 32.2. The van der Waals surface area contributed by atoms with Crippen molar-refractivity contribution in [3.63, 3.8) is 0 Å². The zero-order valence-electron chi connectivity index (χ0n) is 15.5. The van der Waals surface area contributed by atoms with Crippen LogP contribution in [0, 0.1) is 6.92 Å². The number of thioether (sulfide) groups is 1. The van der Waals surface area contributed by atoms with Crippen molar-refractivity contribution in [2.24, 2.45) is 0 Å². The lowest BCUT2D eigenvalue weighted by Gasteiger charge is -2.28. The van der Waals surface area contributed by atoms with E-state index in [1.54, 1.807) is 11.3 Å². The number of hydrogen-bond donors (Lipinski definition) is 1. The Bertz CT molecular complexity index is 612. The molecule has 1 aromatic rings. The smallest absolute Gasteiger partial charge is 0.222 e. The van der Waals surface area contributed by atoms with Crippen molar-refractivity contribution >= 4 is 34.9 Å². The Morgan fingerprint density at radius 1 is 1.31 bits per heavy atom. The first-order valence-corrected chi connectivity index (χ1v) is 11.5. The monoisotopic (exact) mass is 395 g/mol. The predicted octanol–water partition coefficient (Wildman–Crippen LogP) is 3.76. The molecule has 1 saturated heterocycles. The largest absolute Gasteiger partial charge is 0.353 e. The van der Waals surface area contributed by atoms with Crippen molar-refractivity contribution in [2.75, 3.05) is 13.1 Å². The number of amides is 2. The second kappa shape index (κ2) is 9.74. The van der Waals surface area contributed by atoms with Crippen LogP contribution in [0.25, 0.3) is 0 Å². The van der Waals surface area contributed by atoms with Gasteiger partial charge in [-0.25, -0.2) is 4.98 Å². The summed E-state index contributed by atoms with van der Waals surface area (Å²) in [7, 11) is 0. The average Bonchev–Trinajstić information content (AvgIpc) is 2.91.